The summed E-state index contributed by atoms with van der Waals surface area (Å²) in [6.45, 7) is 5.27. The molecule has 0 radical (unpaired) electrons. The molecule has 3 rings (SSSR count). The molecule has 0 saturated carbocycles. The fraction of sp³-hybridized carbons (Fsp3) is 0.611. The fourth-order valence-electron chi connectivity index (χ4n) is 3.11. The molecule has 0 atom stereocenters. The Kier molecular flexibility index (Phi) is 5.39. The van der Waals surface area contributed by atoms with Crippen molar-refractivity contribution < 1.29 is 14.3 Å². The molecule has 23 heavy (non-hydrogen) atoms. The van der Waals surface area contributed by atoms with Crippen molar-refractivity contribution >= 4 is 5.91 Å². The standard InChI is InChI=1S/C18H26N2O3/c1-19(9-10-20-7-3-2-4-8-20)18(21)14-15-5-6-16-17(13-15)23-12-11-22-16/h5-6,13H,2-4,7-12,14H2,1H3. The largest absolute Gasteiger partial charge is 0.486 e. The van der Waals surface area contributed by atoms with Crippen LogP contribution in [0, 0.1) is 0 Å². The van der Waals surface area contributed by atoms with E-state index in [0.29, 0.717) is 19.6 Å². The van der Waals surface area contributed by atoms with Crippen molar-refractivity contribution in [1.82, 2.24) is 9.80 Å². The topological polar surface area (TPSA) is 42.0 Å². The summed E-state index contributed by atoms with van der Waals surface area (Å²) in [6, 6.07) is 5.76. The van der Waals surface area contributed by atoms with Crippen LogP contribution in [0.1, 0.15) is 24.8 Å². The monoisotopic (exact) mass is 318 g/mol. The number of hydrogen-bond donors (Lipinski definition) is 0. The molecule has 0 unspecified atom stereocenters. The summed E-state index contributed by atoms with van der Waals surface area (Å²) in [5.74, 6) is 1.67. The van der Waals surface area contributed by atoms with Gasteiger partial charge in [0.15, 0.2) is 11.5 Å². The lowest BCUT2D eigenvalue weighted by Gasteiger charge is -2.28. The number of piperidine rings is 1. The average Bonchev–Trinajstić information content (AvgIpc) is 2.60. The predicted octanol–water partition coefficient (Wildman–Crippen LogP) is 1.94. The summed E-state index contributed by atoms with van der Waals surface area (Å²) in [5.41, 5.74) is 0.976. The molecular weight excluding hydrogens is 292 g/mol. The Morgan fingerprint density at radius 3 is 2.65 bits per heavy atom. The number of amides is 1. The maximum absolute atomic E-state index is 12.4. The van der Waals surface area contributed by atoms with Crippen molar-refractivity contribution in [3.8, 4) is 11.5 Å². The minimum Gasteiger partial charge on any atom is -0.486 e. The van der Waals surface area contributed by atoms with E-state index in [2.05, 4.69) is 4.90 Å². The molecule has 126 valence electrons. The molecule has 1 aromatic rings. The average molecular weight is 318 g/mol. The van der Waals surface area contributed by atoms with Crippen molar-refractivity contribution in [2.45, 2.75) is 25.7 Å². The Morgan fingerprint density at radius 2 is 1.87 bits per heavy atom. The van der Waals surface area contributed by atoms with E-state index in [1.165, 1.54) is 32.4 Å². The minimum atomic E-state index is 0.152. The van der Waals surface area contributed by atoms with E-state index in [1.54, 1.807) is 0 Å². The highest BCUT2D eigenvalue weighted by atomic mass is 16.6. The van der Waals surface area contributed by atoms with E-state index in [0.717, 1.165) is 30.2 Å². The second-order valence-corrected chi connectivity index (χ2v) is 6.37. The van der Waals surface area contributed by atoms with Crippen LogP contribution >= 0.6 is 0 Å². The van der Waals surface area contributed by atoms with Gasteiger partial charge in [-0.1, -0.05) is 12.5 Å². The highest BCUT2D eigenvalue weighted by molar-refractivity contribution is 5.78. The lowest BCUT2D eigenvalue weighted by molar-refractivity contribution is -0.129. The van der Waals surface area contributed by atoms with Crippen LogP contribution in [0.3, 0.4) is 0 Å². The molecule has 5 heteroatoms. The third-order valence-electron chi connectivity index (χ3n) is 4.59. The Bertz CT molecular complexity index is 541. The van der Waals surface area contributed by atoms with E-state index in [1.807, 2.05) is 30.1 Å². The van der Waals surface area contributed by atoms with Gasteiger partial charge in [0, 0.05) is 20.1 Å². The smallest absolute Gasteiger partial charge is 0.226 e. The van der Waals surface area contributed by atoms with Gasteiger partial charge in [-0.15, -0.1) is 0 Å². The minimum absolute atomic E-state index is 0.152. The van der Waals surface area contributed by atoms with Gasteiger partial charge in [0.2, 0.25) is 5.91 Å². The van der Waals surface area contributed by atoms with Crippen LogP contribution in [-0.4, -0.2) is 62.1 Å². The second kappa shape index (κ2) is 7.68. The van der Waals surface area contributed by atoms with Crippen molar-refractivity contribution in [1.29, 1.82) is 0 Å². The molecule has 1 saturated heterocycles. The number of likely N-dealkylation sites (N-methyl/N-ethyl adjacent to an activating group) is 1. The first-order valence-corrected chi connectivity index (χ1v) is 8.57. The first-order valence-electron chi connectivity index (χ1n) is 8.57. The van der Waals surface area contributed by atoms with Gasteiger partial charge in [-0.25, -0.2) is 0 Å². The van der Waals surface area contributed by atoms with Gasteiger partial charge >= 0.3 is 0 Å². The van der Waals surface area contributed by atoms with Crippen LogP contribution in [0.15, 0.2) is 18.2 Å². The van der Waals surface area contributed by atoms with E-state index in [4.69, 9.17) is 9.47 Å². The van der Waals surface area contributed by atoms with Crippen molar-refractivity contribution in [2.24, 2.45) is 0 Å². The van der Waals surface area contributed by atoms with Crippen LogP contribution in [-0.2, 0) is 11.2 Å². The lowest BCUT2D eigenvalue weighted by Crippen LogP contribution is -2.39. The van der Waals surface area contributed by atoms with Gasteiger partial charge in [0.05, 0.1) is 6.42 Å². The Hall–Kier alpha value is -1.75. The zero-order valence-corrected chi connectivity index (χ0v) is 13.9. The zero-order valence-electron chi connectivity index (χ0n) is 13.9. The molecule has 2 heterocycles. The number of fused-ring (bicyclic) bond motifs is 1. The number of rotatable bonds is 5. The van der Waals surface area contributed by atoms with Crippen LogP contribution in [0.5, 0.6) is 11.5 Å². The van der Waals surface area contributed by atoms with Crippen molar-refractivity contribution in [3.63, 3.8) is 0 Å². The van der Waals surface area contributed by atoms with Crippen molar-refractivity contribution in [2.75, 3.05) is 46.4 Å². The van der Waals surface area contributed by atoms with Crippen LogP contribution in [0.2, 0.25) is 0 Å². The zero-order chi connectivity index (χ0) is 16.1. The molecule has 1 aromatic carbocycles. The van der Waals surface area contributed by atoms with E-state index in [-0.39, 0.29) is 5.91 Å². The molecule has 5 nitrogen and oxygen atoms in total. The molecular formula is C18H26N2O3. The predicted molar refractivity (Wildman–Crippen MR) is 89.1 cm³/mol. The van der Waals surface area contributed by atoms with E-state index >= 15 is 0 Å². The van der Waals surface area contributed by atoms with Gasteiger partial charge in [-0.2, -0.15) is 0 Å². The number of carbonyl (C=O) groups is 1. The summed E-state index contributed by atoms with van der Waals surface area (Å²) in [5, 5.41) is 0. The van der Waals surface area contributed by atoms with Crippen LogP contribution < -0.4 is 9.47 Å². The molecule has 0 N–H and O–H groups in total. The number of ether oxygens (including phenoxy) is 2. The fourth-order valence-corrected chi connectivity index (χ4v) is 3.11. The Morgan fingerprint density at radius 1 is 1.13 bits per heavy atom. The van der Waals surface area contributed by atoms with Gasteiger partial charge in [0.25, 0.3) is 0 Å². The number of nitrogens with zero attached hydrogens (tertiary/aromatic N) is 2. The van der Waals surface area contributed by atoms with Gasteiger partial charge in [-0.3, -0.25) is 4.79 Å². The maximum Gasteiger partial charge on any atom is 0.226 e. The van der Waals surface area contributed by atoms with E-state index in [9.17, 15) is 4.79 Å². The highest BCUT2D eigenvalue weighted by Gasteiger charge is 2.16. The van der Waals surface area contributed by atoms with Crippen molar-refractivity contribution in [3.05, 3.63) is 23.8 Å². The first-order chi connectivity index (χ1) is 11.2. The van der Waals surface area contributed by atoms with Crippen LogP contribution in [0.4, 0.5) is 0 Å². The summed E-state index contributed by atoms with van der Waals surface area (Å²) < 4.78 is 11.1. The van der Waals surface area contributed by atoms with Gasteiger partial charge in [-0.05, 0) is 43.6 Å². The van der Waals surface area contributed by atoms with E-state index < -0.39 is 0 Å². The molecule has 1 amide bonds. The molecule has 0 spiro atoms. The van der Waals surface area contributed by atoms with Crippen LogP contribution in [0.25, 0.3) is 0 Å². The molecule has 2 aliphatic rings. The first kappa shape index (κ1) is 16.1. The summed E-state index contributed by atoms with van der Waals surface area (Å²) in [4.78, 5) is 16.7. The third kappa shape index (κ3) is 4.38. The normalized spacial score (nSPS) is 17.8. The third-order valence-corrected chi connectivity index (χ3v) is 4.59. The second-order valence-electron chi connectivity index (χ2n) is 6.37. The molecule has 0 bridgehead atoms. The Labute approximate surface area is 138 Å². The number of hydrogen-bond acceptors (Lipinski definition) is 4. The SMILES string of the molecule is CN(CCN1CCCCC1)C(=O)Cc1ccc2c(c1)OCCO2. The number of carbonyl (C=O) groups excluding carboxylic acids is 1. The van der Waals surface area contributed by atoms with Gasteiger partial charge < -0.3 is 19.3 Å². The summed E-state index contributed by atoms with van der Waals surface area (Å²) in [7, 11) is 1.89. The molecule has 0 aromatic heterocycles. The number of likely N-dealkylation sites (tertiary alicyclic amines) is 1. The molecule has 1 fully saturated rings. The summed E-state index contributed by atoms with van der Waals surface area (Å²) in [6.07, 6.45) is 4.33. The highest BCUT2D eigenvalue weighted by Crippen LogP contribution is 2.30. The quantitative estimate of drug-likeness (QED) is 0.832. The molecule has 0 aliphatic carbocycles. The summed E-state index contributed by atoms with van der Waals surface area (Å²) >= 11 is 0. The maximum atomic E-state index is 12.4. The van der Waals surface area contributed by atoms with Gasteiger partial charge in [0.1, 0.15) is 13.2 Å². The Balaban J connectivity index is 1.49. The molecule has 2 aliphatic heterocycles. The number of benzene rings is 1. The lowest BCUT2D eigenvalue weighted by atomic mass is 10.1.